The van der Waals surface area contributed by atoms with Crippen LogP contribution in [0, 0.1) is 0 Å². The molecule has 0 bridgehead atoms. The number of para-hydroxylation sites is 1. The third kappa shape index (κ3) is 9.41. The molecular weight excluding hydrogens is 655 g/mol. The Morgan fingerprint density at radius 1 is 1.04 bits per heavy atom. The fourth-order valence-electron chi connectivity index (χ4n) is 4.95. The Morgan fingerprint density at radius 2 is 1.66 bits per heavy atom. The van der Waals surface area contributed by atoms with Gasteiger partial charge in [0.05, 0.1) is 17.4 Å². The first kappa shape index (κ1) is 38.6. The molecule has 3 N–H and O–H groups in total. The van der Waals surface area contributed by atoms with E-state index >= 15 is 0 Å². The van der Waals surface area contributed by atoms with Gasteiger partial charge in [0.25, 0.3) is 5.91 Å². The van der Waals surface area contributed by atoms with E-state index in [4.69, 9.17) is 15.5 Å². The van der Waals surface area contributed by atoms with Crippen LogP contribution in [-0.2, 0) is 23.9 Å². The van der Waals surface area contributed by atoms with E-state index in [2.05, 4.69) is 26.1 Å². The highest BCUT2D eigenvalue weighted by Gasteiger charge is 2.53. The second-order valence-electron chi connectivity index (χ2n) is 13.1. The molecule has 0 fully saturated rings. The minimum atomic E-state index is -1.82. The first-order chi connectivity index (χ1) is 22.0. The summed E-state index contributed by atoms with van der Waals surface area (Å²) >= 11 is 1.47. The van der Waals surface area contributed by atoms with Crippen molar-refractivity contribution in [3.63, 3.8) is 0 Å². The largest absolute Gasteiger partial charge is 0.457 e. The number of ketones is 1. The molecule has 1 aliphatic heterocycles. The summed E-state index contributed by atoms with van der Waals surface area (Å²) in [5, 5.41) is 5.27. The monoisotopic (exact) mass is 701 g/mol. The number of benzene rings is 2. The number of rotatable bonds is 13. The van der Waals surface area contributed by atoms with Crippen molar-refractivity contribution in [2.75, 3.05) is 29.8 Å². The molecule has 10 nitrogen and oxygen atoms in total. The van der Waals surface area contributed by atoms with Gasteiger partial charge in [-0.2, -0.15) is 11.8 Å². The zero-order valence-corrected chi connectivity index (χ0v) is 31.1. The number of hydrogen-bond acceptors (Lipinski definition) is 11. The minimum Gasteiger partial charge on any atom is -0.457 e. The Bertz CT molecular complexity index is 1470. The molecule has 3 rings (SSSR count). The molecule has 2 unspecified atom stereocenters. The zero-order valence-electron chi connectivity index (χ0n) is 28.7. The van der Waals surface area contributed by atoms with Crippen LogP contribution in [0.2, 0.25) is 0 Å². The van der Waals surface area contributed by atoms with Crippen molar-refractivity contribution in [1.29, 1.82) is 0 Å². The molecule has 256 valence electrons. The maximum absolute atomic E-state index is 14.9. The molecule has 2 amide bonds. The predicted molar refractivity (Wildman–Crippen MR) is 196 cm³/mol. The Balaban J connectivity index is 2.32. The van der Waals surface area contributed by atoms with Gasteiger partial charge >= 0.3 is 5.97 Å². The van der Waals surface area contributed by atoms with E-state index in [0.717, 1.165) is 10.0 Å². The first-order valence-electron chi connectivity index (χ1n) is 15.4. The number of carbonyl (C=O) groups is 4. The van der Waals surface area contributed by atoms with Crippen molar-refractivity contribution in [2.24, 2.45) is 10.7 Å². The molecule has 3 atom stereocenters. The third-order valence-corrected chi connectivity index (χ3v) is 11.0. The Kier molecular flexibility index (Phi) is 13.2. The lowest BCUT2D eigenvalue weighted by Gasteiger charge is -2.47. The summed E-state index contributed by atoms with van der Waals surface area (Å²) in [4.78, 5) is 61.9. The smallest absolute Gasteiger partial charge is 0.349 e. The first-order valence-corrected chi connectivity index (χ1v) is 19.1. The number of nitrogens with zero attached hydrogens (tertiary/aromatic N) is 3. The normalized spacial score (nSPS) is 17.1. The number of amides is 2. The number of aliphatic imine (C=N–C) groups is 1. The Hall–Kier alpha value is -2.84. The maximum atomic E-state index is 14.9. The summed E-state index contributed by atoms with van der Waals surface area (Å²) in [6.45, 7) is 12.7. The molecule has 2 aromatic carbocycles. The molecule has 0 saturated heterocycles. The van der Waals surface area contributed by atoms with Crippen molar-refractivity contribution in [2.45, 2.75) is 83.0 Å². The highest BCUT2D eigenvalue weighted by molar-refractivity contribution is 8.77. The van der Waals surface area contributed by atoms with E-state index in [-0.39, 0.29) is 22.6 Å². The van der Waals surface area contributed by atoms with Gasteiger partial charge in [-0.25, -0.2) is 14.8 Å². The summed E-state index contributed by atoms with van der Waals surface area (Å²) in [7, 11) is 4.58. The molecule has 2 aromatic rings. The average molecular weight is 702 g/mol. The maximum Gasteiger partial charge on any atom is 0.349 e. The molecule has 13 heteroatoms. The lowest BCUT2D eigenvalue weighted by molar-refractivity contribution is -0.178. The van der Waals surface area contributed by atoms with E-state index in [1.54, 1.807) is 62.9 Å². The van der Waals surface area contributed by atoms with Crippen molar-refractivity contribution >= 4 is 68.3 Å². The second kappa shape index (κ2) is 16.0. The van der Waals surface area contributed by atoms with Crippen molar-refractivity contribution < 1.29 is 23.9 Å². The van der Waals surface area contributed by atoms with E-state index in [1.165, 1.54) is 29.5 Å². The van der Waals surface area contributed by atoms with Gasteiger partial charge < -0.3 is 10.5 Å². The van der Waals surface area contributed by atoms with Gasteiger partial charge in [-0.1, -0.05) is 90.9 Å². The highest BCUT2D eigenvalue weighted by Crippen LogP contribution is 2.37. The number of nitrogens with two attached hydrogens (primary N) is 1. The zero-order chi connectivity index (χ0) is 35.2. The van der Waals surface area contributed by atoms with Crippen molar-refractivity contribution in [3.05, 3.63) is 65.7 Å². The topological polar surface area (TPSA) is 134 Å². The van der Waals surface area contributed by atoms with E-state index < -0.39 is 46.9 Å². The summed E-state index contributed by atoms with van der Waals surface area (Å²) in [5.41, 5.74) is 5.57. The van der Waals surface area contributed by atoms with Crippen LogP contribution in [0.3, 0.4) is 0 Å². The number of anilines is 1. The molecule has 1 heterocycles. The van der Waals surface area contributed by atoms with Crippen LogP contribution in [0.4, 0.5) is 5.69 Å². The van der Waals surface area contributed by atoms with Crippen molar-refractivity contribution in [3.8, 4) is 0 Å². The molecule has 0 aromatic heterocycles. The van der Waals surface area contributed by atoms with Crippen LogP contribution in [0.1, 0.15) is 66.0 Å². The number of ether oxygens (including phenoxy) is 1. The predicted octanol–water partition coefficient (Wildman–Crippen LogP) is 5.09. The lowest BCUT2D eigenvalue weighted by atomic mass is 10.00. The Morgan fingerprint density at radius 3 is 2.21 bits per heavy atom. The Labute approximate surface area is 290 Å². The molecule has 47 heavy (non-hydrogen) atoms. The van der Waals surface area contributed by atoms with Gasteiger partial charge in [-0.15, -0.1) is 0 Å². The number of esters is 1. The summed E-state index contributed by atoms with van der Waals surface area (Å²) in [6, 6.07) is 13.5. The lowest BCUT2D eigenvalue weighted by Crippen LogP contribution is -2.72. The quantitative estimate of drug-likeness (QED) is 0.126. The van der Waals surface area contributed by atoms with E-state index in [9.17, 15) is 19.2 Å². The molecule has 0 spiro atoms. The van der Waals surface area contributed by atoms with Gasteiger partial charge in [-0.3, -0.25) is 24.7 Å². The van der Waals surface area contributed by atoms with Crippen LogP contribution in [0.25, 0.3) is 0 Å². The average Bonchev–Trinajstić information content (AvgIpc) is 3.11. The van der Waals surface area contributed by atoms with Crippen molar-refractivity contribution in [1.82, 2.24) is 10.3 Å². The molecule has 0 radical (unpaired) electrons. The fourth-order valence-corrected chi connectivity index (χ4v) is 7.89. The minimum absolute atomic E-state index is 0.0699. The summed E-state index contributed by atoms with van der Waals surface area (Å²) < 4.78 is 5.81. The number of likely N-dealkylation sites (N-methyl/N-ethyl adjacent to an activating group) is 1. The van der Waals surface area contributed by atoms with Crippen LogP contribution >= 0.6 is 33.3 Å². The third-order valence-electron chi connectivity index (χ3n) is 7.00. The van der Waals surface area contributed by atoms with Gasteiger partial charge in [0.15, 0.2) is 11.8 Å². The van der Waals surface area contributed by atoms with Crippen LogP contribution in [0.5, 0.6) is 0 Å². The van der Waals surface area contributed by atoms with Gasteiger partial charge in [0.1, 0.15) is 5.60 Å². The number of Topliss-reactive ketones (excluding diaryl/α,β-unsaturated/α-hetero) is 1. The molecular formula is C34H47N5O5S3. The van der Waals surface area contributed by atoms with E-state index in [0.29, 0.717) is 22.6 Å². The standard InChI is InChI=1S/C34H47N5O5S3/c1-22(40)39(34(36-8,19-20-45-9)31(43)44-32(2,3)4)38-26-18-14-13-17-24(26)27(23-15-11-10-12-16-23)37-28(30(38)42)29(41)25(35)21-46-47-33(5,6)7/h10-18,25,28,36H,19-21,35H2,1-9H3/t25?,28?,34-/m0/s1. The van der Waals surface area contributed by atoms with Crippen LogP contribution in [-0.4, -0.2) is 87.2 Å². The second-order valence-corrected chi connectivity index (χ2v) is 17.2. The number of nitrogens with one attached hydrogen (secondary N) is 1. The number of hydrogen-bond donors (Lipinski definition) is 2. The van der Waals surface area contributed by atoms with Gasteiger partial charge in [0, 0.05) is 35.0 Å². The number of carbonyl (C=O) groups excluding carboxylic acids is 4. The summed E-state index contributed by atoms with van der Waals surface area (Å²) in [5.74, 6) is -2.08. The van der Waals surface area contributed by atoms with Crippen LogP contribution in [0.15, 0.2) is 59.6 Å². The number of benzodiazepines with no additional fused rings is 1. The molecule has 0 saturated carbocycles. The van der Waals surface area contributed by atoms with Crippen LogP contribution < -0.4 is 16.1 Å². The molecule has 1 aliphatic rings. The van der Waals surface area contributed by atoms with Gasteiger partial charge in [0.2, 0.25) is 11.6 Å². The molecule has 0 aliphatic carbocycles. The number of thioether (sulfide) groups is 1. The number of hydrazine groups is 1. The fraction of sp³-hybridized carbons (Fsp3) is 0.500. The number of fused-ring (bicyclic) bond motifs is 1. The summed E-state index contributed by atoms with van der Waals surface area (Å²) in [6.07, 6.45) is 1.97. The van der Waals surface area contributed by atoms with E-state index in [1.807, 2.05) is 36.6 Å². The van der Waals surface area contributed by atoms with Gasteiger partial charge in [-0.05, 0) is 45.9 Å². The SMILES string of the molecule is CN[C@](CCSC)(C(=O)OC(C)(C)C)N(C(C)=O)N1C(=O)C(C(=O)C(N)CSSC(C)(C)C)N=C(c2ccccc2)c2ccccc21. The highest BCUT2D eigenvalue weighted by atomic mass is 33.1.